The number of aromatic hydroxyl groups is 1. The third-order valence-electron chi connectivity index (χ3n) is 10.2. The predicted octanol–water partition coefficient (Wildman–Crippen LogP) is 4.81. The highest BCUT2D eigenvalue weighted by Gasteiger charge is 2.75. The molecule has 1 aromatic carbocycles. The zero-order chi connectivity index (χ0) is 29.6. The average molecular weight is 539 g/mol. The van der Waals surface area contributed by atoms with Gasteiger partial charge in [0.25, 0.3) is 0 Å². The van der Waals surface area contributed by atoms with E-state index in [2.05, 4.69) is 0 Å². The fourth-order valence-electron chi connectivity index (χ4n) is 8.04. The van der Waals surface area contributed by atoms with Gasteiger partial charge < -0.3 is 20.4 Å². The Morgan fingerprint density at radius 2 is 1.67 bits per heavy atom. The second-order valence-electron chi connectivity index (χ2n) is 12.3. The minimum atomic E-state index is -2.78. The molecule has 0 amide bonds. The zero-order valence-corrected chi connectivity index (χ0v) is 23.8. The summed E-state index contributed by atoms with van der Waals surface area (Å²) < 4.78 is 0. The van der Waals surface area contributed by atoms with Crippen LogP contribution in [0.4, 0.5) is 0 Å². The van der Waals surface area contributed by atoms with Crippen LogP contribution in [0.25, 0.3) is 0 Å². The molecule has 0 saturated carbocycles. The lowest BCUT2D eigenvalue weighted by molar-refractivity contribution is -0.193. The Kier molecular flexibility index (Phi) is 6.54. The van der Waals surface area contributed by atoms with Gasteiger partial charge in [-0.2, -0.15) is 0 Å². The van der Waals surface area contributed by atoms with Crippen LogP contribution in [0.2, 0.25) is 0 Å². The largest absolute Gasteiger partial charge is 0.511 e. The number of Topliss-reactive ketones (excluding diaryl/α,β-unsaturated/α-hetero) is 4. The smallest absolute Gasteiger partial charge is 0.209 e. The molecular weight excluding hydrogens is 500 g/mol. The highest BCUT2D eigenvalue weighted by molar-refractivity contribution is 6.25. The van der Waals surface area contributed by atoms with Crippen LogP contribution >= 0.6 is 0 Å². The molecule has 1 unspecified atom stereocenters. The minimum absolute atomic E-state index is 0.0249. The van der Waals surface area contributed by atoms with Gasteiger partial charge in [-0.25, -0.2) is 0 Å². The Morgan fingerprint density at radius 1 is 1.08 bits per heavy atom. The number of phenolic OH excluding ortho intramolecular Hbond substituents is 1. The van der Waals surface area contributed by atoms with Gasteiger partial charge in [0.2, 0.25) is 5.78 Å². The number of hydrogen-bond acceptors (Lipinski definition) is 8. The number of fused-ring (bicyclic) bond motifs is 3. The summed E-state index contributed by atoms with van der Waals surface area (Å²) in [4.78, 5) is 54.0. The highest BCUT2D eigenvalue weighted by atomic mass is 16.3. The lowest BCUT2D eigenvalue weighted by Crippen LogP contribution is -2.71. The van der Waals surface area contributed by atoms with Crippen molar-refractivity contribution >= 4 is 23.1 Å². The molecule has 0 saturated heterocycles. The molecule has 0 fully saturated rings. The van der Waals surface area contributed by atoms with Crippen LogP contribution in [0.1, 0.15) is 88.7 Å². The summed E-state index contributed by atoms with van der Waals surface area (Å²) in [7, 11) is 0. The SMILES string of the molecule is CCC(=O)C[C@@H]1[C@]2(C)C(=C(O)[C@@]3(O)C(=O)C(C(C)=O)=C(O)C(C(C)C)[C@@]13C)C(=O)c1c(ccc(C)c1O)[C@H]2C. The molecule has 210 valence electrons. The molecule has 3 aliphatic rings. The Hall–Kier alpha value is -3.26. The molecule has 0 heterocycles. The van der Waals surface area contributed by atoms with Crippen LogP contribution in [0.5, 0.6) is 5.75 Å². The van der Waals surface area contributed by atoms with E-state index < -0.39 is 74.5 Å². The number of benzene rings is 1. The maximum atomic E-state index is 14.2. The molecule has 0 bridgehead atoms. The second kappa shape index (κ2) is 8.88. The number of ketones is 4. The van der Waals surface area contributed by atoms with Gasteiger partial charge in [-0.3, -0.25) is 19.2 Å². The van der Waals surface area contributed by atoms with Crippen molar-refractivity contribution in [1.82, 2.24) is 0 Å². The summed E-state index contributed by atoms with van der Waals surface area (Å²) in [5.74, 6) is -7.46. The molecule has 0 spiro atoms. The van der Waals surface area contributed by atoms with Crippen molar-refractivity contribution in [3.8, 4) is 5.75 Å². The van der Waals surface area contributed by atoms with E-state index in [0.29, 0.717) is 11.1 Å². The molecular formula is C31H38O8. The van der Waals surface area contributed by atoms with Crippen molar-refractivity contribution in [1.29, 1.82) is 0 Å². The quantitative estimate of drug-likeness (QED) is 0.390. The summed E-state index contributed by atoms with van der Waals surface area (Å²) in [6, 6.07) is 3.43. The number of aryl methyl sites for hydroxylation is 1. The molecule has 0 aliphatic heterocycles. The number of carbonyl (C=O) groups excluding carboxylic acids is 4. The maximum absolute atomic E-state index is 14.2. The summed E-state index contributed by atoms with van der Waals surface area (Å²) in [6.45, 7) is 13.1. The first-order valence-electron chi connectivity index (χ1n) is 13.5. The van der Waals surface area contributed by atoms with E-state index in [9.17, 15) is 39.6 Å². The van der Waals surface area contributed by atoms with E-state index in [4.69, 9.17) is 0 Å². The van der Waals surface area contributed by atoms with Gasteiger partial charge in [-0.1, -0.05) is 53.7 Å². The lowest BCUT2D eigenvalue weighted by atomic mass is 9.38. The maximum Gasteiger partial charge on any atom is 0.209 e. The number of aliphatic hydroxyl groups excluding tert-OH is 2. The summed E-state index contributed by atoms with van der Waals surface area (Å²) in [5.41, 5.74) is -5.69. The van der Waals surface area contributed by atoms with E-state index in [1.807, 2.05) is 6.92 Å². The van der Waals surface area contributed by atoms with Crippen LogP contribution in [-0.2, 0) is 14.4 Å². The molecule has 6 atom stereocenters. The minimum Gasteiger partial charge on any atom is -0.511 e. The normalized spacial score (nSPS) is 34.2. The lowest BCUT2D eigenvalue weighted by Gasteiger charge is -2.65. The topological polar surface area (TPSA) is 149 Å². The van der Waals surface area contributed by atoms with Gasteiger partial charge in [0.1, 0.15) is 28.6 Å². The van der Waals surface area contributed by atoms with Gasteiger partial charge >= 0.3 is 0 Å². The summed E-state index contributed by atoms with van der Waals surface area (Å²) in [5, 5.41) is 46.7. The molecule has 0 aromatic heterocycles. The average Bonchev–Trinajstić information content (AvgIpc) is 2.84. The number of rotatable bonds is 5. The first-order valence-corrected chi connectivity index (χ1v) is 13.5. The van der Waals surface area contributed by atoms with Crippen molar-refractivity contribution in [2.45, 2.75) is 79.8 Å². The fourth-order valence-corrected chi connectivity index (χ4v) is 8.04. The molecule has 4 rings (SSSR count). The molecule has 0 radical (unpaired) electrons. The fraction of sp³-hybridized carbons (Fsp3) is 0.548. The van der Waals surface area contributed by atoms with Gasteiger partial charge in [-0.15, -0.1) is 0 Å². The summed E-state index contributed by atoms with van der Waals surface area (Å²) >= 11 is 0. The second-order valence-corrected chi connectivity index (χ2v) is 12.3. The molecule has 8 heteroatoms. The highest BCUT2D eigenvalue weighted by Crippen LogP contribution is 2.71. The van der Waals surface area contributed by atoms with Crippen molar-refractivity contribution in [2.75, 3.05) is 0 Å². The van der Waals surface area contributed by atoms with Crippen molar-refractivity contribution in [3.63, 3.8) is 0 Å². The van der Waals surface area contributed by atoms with Gasteiger partial charge in [-0.05, 0) is 42.7 Å². The molecule has 3 aliphatic carbocycles. The third-order valence-corrected chi connectivity index (χ3v) is 10.2. The molecule has 4 N–H and O–H groups in total. The number of allylic oxidation sites excluding steroid dienone is 2. The van der Waals surface area contributed by atoms with Crippen molar-refractivity contribution < 1.29 is 39.6 Å². The van der Waals surface area contributed by atoms with E-state index in [0.717, 1.165) is 6.92 Å². The number of carbonyl (C=O) groups is 4. The monoisotopic (exact) mass is 538 g/mol. The van der Waals surface area contributed by atoms with E-state index >= 15 is 0 Å². The zero-order valence-electron chi connectivity index (χ0n) is 23.8. The van der Waals surface area contributed by atoms with Crippen LogP contribution in [0, 0.1) is 35.5 Å². The number of hydrogen-bond donors (Lipinski definition) is 4. The Morgan fingerprint density at radius 3 is 2.18 bits per heavy atom. The first kappa shape index (κ1) is 28.7. The van der Waals surface area contributed by atoms with Crippen LogP contribution < -0.4 is 0 Å². The predicted molar refractivity (Wildman–Crippen MR) is 143 cm³/mol. The first-order chi connectivity index (χ1) is 17.9. The van der Waals surface area contributed by atoms with E-state index in [1.165, 1.54) is 0 Å². The van der Waals surface area contributed by atoms with E-state index in [1.54, 1.807) is 53.7 Å². The Labute approximate surface area is 228 Å². The summed E-state index contributed by atoms with van der Waals surface area (Å²) in [6.07, 6.45) is 0.0123. The molecule has 1 aromatic rings. The van der Waals surface area contributed by atoms with Crippen molar-refractivity contribution in [2.24, 2.45) is 28.6 Å². The van der Waals surface area contributed by atoms with Gasteiger partial charge in [0.15, 0.2) is 17.2 Å². The molecule has 39 heavy (non-hydrogen) atoms. The van der Waals surface area contributed by atoms with Crippen LogP contribution in [0.3, 0.4) is 0 Å². The third kappa shape index (κ3) is 3.27. The standard InChI is InChI=1S/C31H38O8/c1-9-17(33)12-19-29(7)15(5)18-11-10-14(4)24(34)21(18)26(36)23(29)28(38)31(39)27(37)20(16(6)32)25(35)22(13(2)3)30(19,31)8/h10-11,13,15,19,22,34-35,38-39H,9,12H2,1-8H3/t15-,19-,22?,29-,30-,31+/m1/s1. The van der Waals surface area contributed by atoms with Crippen molar-refractivity contribution in [3.05, 3.63) is 51.5 Å². The number of phenols is 1. The van der Waals surface area contributed by atoms with Crippen LogP contribution in [-0.4, -0.2) is 49.2 Å². The van der Waals surface area contributed by atoms with Gasteiger partial charge in [0, 0.05) is 35.2 Å². The van der Waals surface area contributed by atoms with E-state index in [-0.39, 0.29) is 35.5 Å². The Balaban J connectivity index is 2.24. The Bertz CT molecular complexity index is 1400. The van der Waals surface area contributed by atoms with Gasteiger partial charge in [0.05, 0.1) is 5.56 Å². The van der Waals surface area contributed by atoms with Crippen LogP contribution in [0.15, 0.2) is 34.8 Å². The molecule has 8 nitrogen and oxygen atoms in total. The number of aliphatic hydroxyl groups is 3.